The molecule has 2 heteroatoms. The van der Waals surface area contributed by atoms with E-state index in [0.29, 0.717) is 6.04 Å². The first-order valence-electron chi connectivity index (χ1n) is 6.55. The fraction of sp³-hybridized carbons (Fsp3) is 0.714. The average molecular weight is 237 g/mol. The third-order valence-electron chi connectivity index (χ3n) is 3.39. The topological polar surface area (TPSA) is 12.0 Å². The van der Waals surface area contributed by atoms with E-state index in [0.717, 1.165) is 12.0 Å². The molecule has 16 heavy (non-hydrogen) atoms. The highest BCUT2D eigenvalue weighted by Crippen LogP contribution is 2.28. The first-order chi connectivity index (χ1) is 7.75. The van der Waals surface area contributed by atoms with Crippen molar-refractivity contribution in [2.24, 2.45) is 5.92 Å². The van der Waals surface area contributed by atoms with Crippen LogP contribution < -0.4 is 5.32 Å². The Bertz CT molecular complexity index is 286. The van der Waals surface area contributed by atoms with Crippen LogP contribution in [0.15, 0.2) is 17.5 Å². The average Bonchev–Trinajstić information content (AvgIpc) is 2.88. The minimum atomic E-state index is 0.586. The molecule has 0 aromatic carbocycles. The second-order valence-corrected chi connectivity index (χ2v) is 6.32. The Balaban J connectivity index is 1.96. The summed E-state index contributed by atoms with van der Waals surface area (Å²) >= 11 is 1.89. The summed E-state index contributed by atoms with van der Waals surface area (Å²) < 4.78 is 0. The van der Waals surface area contributed by atoms with Crippen LogP contribution in [0.5, 0.6) is 0 Å². The lowest BCUT2D eigenvalue weighted by molar-refractivity contribution is 0.384. The molecule has 1 fully saturated rings. The van der Waals surface area contributed by atoms with E-state index in [9.17, 15) is 0 Å². The zero-order valence-electron chi connectivity index (χ0n) is 10.4. The molecule has 1 aliphatic rings. The second kappa shape index (κ2) is 5.83. The molecule has 0 amide bonds. The number of rotatable bonds is 5. The summed E-state index contributed by atoms with van der Waals surface area (Å²) in [6, 6.07) is 5.80. The molecule has 2 rings (SSSR count). The summed E-state index contributed by atoms with van der Waals surface area (Å²) in [5, 5.41) is 6.05. The summed E-state index contributed by atoms with van der Waals surface area (Å²) in [7, 11) is 0. The van der Waals surface area contributed by atoms with Crippen molar-refractivity contribution in [1.29, 1.82) is 0 Å². The van der Waals surface area contributed by atoms with Crippen molar-refractivity contribution in [2.45, 2.75) is 58.0 Å². The fourth-order valence-corrected chi connectivity index (χ4v) is 3.40. The maximum absolute atomic E-state index is 3.86. The lowest BCUT2D eigenvalue weighted by Gasteiger charge is -2.23. The molecule has 1 aromatic heterocycles. The standard InChI is InChI=1S/C14H23NS/c1-11(2)10-13(14-8-5-9-16-14)15-12-6-3-4-7-12/h5,8-9,11-13,15H,3-4,6-7,10H2,1-2H3. The summed E-state index contributed by atoms with van der Waals surface area (Å²) in [5.41, 5.74) is 0. The SMILES string of the molecule is CC(C)CC(NC1CCCC1)c1cccs1. The van der Waals surface area contributed by atoms with Gasteiger partial charge in [0.1, 0.15) is 0 Å². The van der Waals surface area contributed by atoms with E-state index < -0.39 is 0 Å². The van der Waals surface area contributed by atoms with Gasteiger partial charge in [-0.3, -0.25) is 0 Å². The molecule has 0 bridgehead atoms. The predicted octanol–water partition coefficient (Wildman–Crippen LogP) is 4.37. The third kappa shape index (κ3) is 3.33. The Kier molecular flexibility index (Phi) is 4.42. The molecule has 1 nitrogen and oxygen atoms in total. The molecular formula is C14H23NS. The molecule has 1 heterocycles. The van der Waals surface area contributed by atoms with Gasteiger partial charge in [0.05, 0.1) is 0 Å². The minimum Gasteiger partial charge on any atom is -0.306 e. The molecule has 1 atom stereocenters. The van der Waals surface area contributed by atoms with Crippen molar-refractivity contribution in [1.82, 2.24) is 5.32 Å². The van der Waals surface area contributed by atoms with Crippen LogP contribution in [0.25, 0.3) is 0 Å². The van der Waals surface area contributed by atoms with Crippen LogP contribution >= 0.6 is 11.3 Å². The van der Waals surface area contributed by atoms with Gasteiger partial charge in [-0.15, -0.1) is 11.3 Å². The summed E-state index contributed by atoms with van der Waals surface area (Å²) in [6.45, 7) is 4.63. The number of thiophene rings is 1. The van der Waals surface area contributed by atoms with Gasteiger partial charge in [-0.25, -0.2) is 0 Å². The predicted molar refractivity (Wildman–Crippen MR) is 71.9 cm³/mol. The van der Waals surface area contributed by atoms with Crippen molar-refractivity contribution >= 4 is 11.3 Å². The molecular weight excluding hydrogens is 214 g/mol. The van der Waals surface area contributed by atoms with Crippen LogP contribution in [-0.4, -0.2) is 6.04 Å². The highest BCUT2D eigenvalue weighted by molar-refractivity contribution is 7.10. The van der Waals surface area contributed by atoms with Gasteiger partial charge in [-0.1, -0.05) is 32.8 Å². The molecule has 90 valence electrons. The Morgan fingerprint density at radius 1 is 1.38 bits per heavy atom. The van der Waals surface area contributed by atoms with Crippen molar-refractivity contribution in [3.8, 4) is 0 Å². The van der Waals surface area contributed by atoms with Crippen LogP contribution in [0.1, 0.15) is 56.9 Å². The lowest BCUT2D eigenvalue weighted by Crippen LogP contribution is -2.31. The molecule has 0 radical (unpaired) electrons. The highest BCUT2D eigenvalue weighted by atomic mass is 32.1. The van der Waals surface area contributed by atoms with Gasteiger partial charge >= 0.3 is 0 Å². The molecule has 1 aromatic rings. The maximum Gasteiger partial charge on any atom is 0.0419 e. The van der Waals surface area contributed by atoms with Crippen molar-refractivity contribution in [3.63, 3.8) is 0 Å². The number of hydrogen-bond donors (Lipinski definition) is 1. The summed E-state index contributed by atoms with van der Waals surface area (Å²) in [4.78, 5) is 1.51. The monoisotopic (exact) mass is 237 g/mol. The van der Waals surface area contributed by atoms with E-state index in [4.69, 9.17) is 0 Å². The Morgan fingerprint density at radius 3 is 2.69 bits per heavy atom. The molecule has 1 aliphatic carbocycles. The molecule has 0 spiro atoms. The van der Waals surface area contributed by atoms with Gasteiger partial charge in [0, 0.05) is 17.0 Å². The largest absolute Gasteiger partial charge is 0.306 e. The van der Waals surface area contributed by atoms with Crippen molar-refractivity contribution in [2.75, 3.05) is 0 Å². The lowest BCUT2D eigenvalue weighted by atomic mass is 10.0. The van der Waals surface area contributed by atoms with Gasteiger partial charge in [0.25, 0.3) is 0 Å². The highest BCUT2D eigenvalue weighted by Gasteiger charge is 2.21. The molecule has 0 saturated heterocycles. The molecule has 0 aliphatic heterocycles. The number of hydrogen-bond acceptors (Lipinski definition) is 2. The first kappa shape index (κ1) is 12.1. The zero-order chi connectivity index (χ0) is 11.4. The third-order valence-corrected chi connectivity index (χ3v) is 4.37. The Hall–Kier alpha value is -0.340. The summed E-state index contributed by atoms with van der Waals surface area (Å²) in [6.07, 6.45) is 6.84. The zero-order valence-corrected chi connectivity index (χ0v) is 11.2. The van der Waals surface area contributed by atoms with Crippen LogP contribution in [-0.2, 0) is 0 Å². The fourth-order valence-electron chi connectivity index (χ4n) is 2.60. The van der Waals surface area contributed by atoms with E-state index in [1.54, 1.807) is 0 Å². The van der Waals surface area contributed by atoms with Crippen molar-refractivity contribution < 1.29 is 0 Å². The molecule has 1 N–H and O–H groups in total. The molecule has 1 saturated carbocycles. The van der Waals surface area contributed by atoms with Gasteiger partial charge < -0.3 is 5.32 Å². The smallest absolute Gasteiger partial charge is 0.0419 e. The Morgan fingerprint density at radius 2 is 2.12 bits per heavy atom. The molecule has 1 unspecified atom stereocenters. The van der Waals surface area contributed by atoms with E-state index in [1.807, 2.05) is 11.3 Å². The minimum absolute atomic E-state index is 0.586. The van der Waals surface area contributed by atoms with Crippen molar-refractivity contribution in [3.05, 3.63) is 22.4 Å². The first-order valence-corrected chi connectivity index (χ1v) is 7.43. The van der Waals surface area contributed by atoms with E-state index >= 15 is 0 Å². The van der Waals surface area contributed by atoms with Crippen LogP contribution in [0, 0.1) is 5.92 Å². The summed E-state index contributed by atoms with van der Waals surface area (Å²) in [5.74, 6) is 0.765. The van der Waals surface area contributed by atoms with Gasteiger partial charge in [-0.05, 0) is 36.6 Å². The second-order valence-electron chi connectivity index (χ2n) is 5.35. The van der Waals surface area contributed by atoms with Crippen LogP contribution in [0.4, 0.5) is 0 Å². The Labute approximate surface area is 103 Å². The normalized spacial score (nSPS) is 19.4. The van der Waals surface area contributed by atoms with Crippen LogP contribution in [0.3, 0.4) is 0 Å². The van der Waals surface area contributed by atoms with Gasteiger partial charge in [0.2, 0.25) is 0 Å². The van der Waals surface area contributed by atoms with E-state index in [2.05, 4.69) is 36.7 Å². The van der Waals surface area contributed by atoms with Crippen LogP contribution in [0.2, 0.25) is 0 Å². The number of nitrogens with one attached hydrogen (secondary N) is 1. The van der Waals surface area contributed by atoms with Gasteiger partial charge in [0.15, 0.2) is 0 Å². The van der Waals surface area contributed by atoms with Gasteiger partial charge in [-0.2, -0.15) is 0 Å². The van der Waals surface area contributed by atoms with E-state index in [1.165, 1.54) is 37.0 Å². The maximum atomic E-state index is 3.86. The van der Waals surface area contributed by atoms with E-state index in [-0.39, 0.29) is 0 Å². The quantitative estimate of drug-likeness (QED) is 0.802.